The molecule has 10 nitrogen and oxygen atoms in total. The number of H-pyrrole nitrogens is 1. The molecule has 0 bridgehead atoms. The third kappa shape index (κ3) is 5.48. The van der Waals surface area contributed by atoms with Gasteiger partial charge in [0, 0.05) is 30.3 Å². The van der Waals surface area contributed by atoms with Gasteiger partial charge in [-0.25, -0.2) is 13.8 Å². The van der Waals surface area contributed by atoms with Gasteiger partial charge >= 0.3 is 0 Å². The molecule has 39 heavy (non-hydrogen) atoms. The summed E-state index contributed by atoms with van der Waals surface area (Å²) in [6.07, 6.45) is 1.13. The number of pyridine rings is 1. The second-order valence-corrected chi connectivity index (χ2v) is 10.6. The number of anilines is 1. The smallest absolute Gasteiger partial charge is 0.296 e. The molecule has 5 atom stereocenters. The Morgan fingerprint density at radius 3 is 2.74 bits per heavy atom. The van der Waals surface area contributed by atoms with Crippen LogP contribution in [0.5, 0.6) is 11.8 Å². The van der Waals surface area contributed by atoms with Crippen LogP contribution < -0.4 is 14.8 Å². The Labute approximate surface area is 228 Å². The lowest BCUT2D eigenvalue weighted by Crippen LogP contribution is -2.34. The number of hydrogen-bond acceptors (Lipinski definition) is 9. The number of benzene rings is 1. The summed E-state index contributed by atoms with van der Waals surface area (Å²) in [4.78, 5) is 14.0. The average Bonchev–Trinajstić information content (AvgIpc) is 3.66. The molecule has 6 rings (SSSR count). The van der Waals surface area contributed by atoms with E-state index >= 15 is 0 Å². The molecule has 1 unspecified atom stereocenters. The van der Waals surface area contributed by atoms with E-state index in [2.05, 4.69) is 32.2 Å². The van der Waals surface area contributed by atoms with Crippen molar-refractivity contribution in [2.24, 2.45) is 0 Å². The molecule has 210 valence electrons. The number of aromatic amines is 1. The van der Waals surface area contributed by atoms with Gasteiger partial charge in [-0.1, -0.05) is 11.6 Å². The number of nitrogens with one attached hydrogen (secondary N) is 2. The van der Waals surface area contributed by atoms with Crippen molar-refractivity contribution in [1.29, 1.82) is 0 Å². The highest BCUT2D eigenvalue weighted by Crippen LogP contribution is 2.31. The van der Waals surface area contributed by atoms with Crippen LogP contribution in [0, 0.1) is 11.6 Å². The fraction of sp³-hybridized carbons (Fsp3) is 0.538. The highest BCUT2D eigenvalue weighted by Gasteiger charge is 2.48. The predicted molar refractivity (Wildman–Crippen MR) is 138 cm³/mol. The van der Waals surface area contributed by atoms with Crippen molar-refractivity contribution in [1.82, 2.24) is 19.9 Å². The van der Waals surface area contributed by atoms with E-state index in [1.807, 2.05) is 0 Å². The van der Waals surface area contributed by atoms with Crippen LogP contribution in [0.3, 0.4) is 0 Å². The van der Waals surface area contributed by atoms with Gasteiger partial charge in [0.15, 0.2) is 11.8 Å². The maximum Gasteiger partial charge on any atom is 0.296 e. The lowest BCUT2D eigenvalue weighted by Gasteiger charge is -2.19. The Balaban J connectivity index is 1.08. The first-order chi connectivity index (χ1) is 18.9. The maximum atomic E-state index is 14.8. The molecule has 3 N–H and O–H groups in total. The normalized spacial score (nSPS) is 26.8. The van der Waals surface area contributed by atoms with Crippen molar-refractivity contribution in [2.45, 2.75) is 56.3 Å². The van der Waals surface area contributed by atoms with Crippen molar-refractivity contribution in [2.75, 3.05) is 38.7 Å². The van der Waals surface area contributed by atoms with E-state index in [1.54, 1.807) is 6.07 Å². The van der Waals surface area contributed by atoms with E-state index in [9.17, 15) is 13.9 Å². The zero-order valence-electron chi connectivity index (χ0n) is 21.3. The van der Waals surface area contributed by atoms with Crippen LogP contribution >= 0.6 is 11.6 Å². The van der Waals surface area contributed by atoms with Gasteiger partial charge in [0.2, 0.25) is 0 Å². The monoisotopic (exact) mass is 565 g/mol. The van der Waals surface area contributed by atoms with Crippen LogP contribution in [0.15, 0.2) is 18.2 Å². The SMILES string of the molecule is CN1CCCC1CCOc1cc(F)c(CNc2nc3nc(O[C@@H]4CO[C@H]5[C@@H]4OC[C@H]5O)[nH]c3cc2Cl)c(F)c1. The molecule has 3 aromatic rings. The number of aliphatic hydroxyl groups is 1. The molecule has 5 heterocycles. The number of aliphatic hydroxyl groups excluding tert-OH is 1. The minimum Gasteiger partial charge on any atom is -0.493 e. The van der Waals surface area contributed by atoms with Gasteiger partial charge in [-0.3, -0.25) is 0 Å². The maximum absolute atomic E-state index is 14.8. The Morgan fingerprint density at radius 1 is 1.18 bits per heavy atom. The molecule has 0 amide bonds. The number of aromatic nitrogens is 3. The third-order valence-corrected chi connectivity index (χ3v) is 7.88. The Morgan fingerprint density at radius 2 is 1.97 bits per heavy atom. The van der Waals surface area contributed by atoms with E-state index < -0.39 is 36.1 Å². The summed E-state index contributed by atoms with van der Waals surface area (Å²) < 4.78 is 52.2. The quantitative estimate of drug-likeness (QED) is 0.360. The van der Waals surface area contributed by atoms with E-state index in [-0.39, 0.29) is 47.9 Å². The number of rotatable bonds is 9. The second kappa shape index (κ2) is 11.0. The molecule has 2 aromatic heterocycles. The zero-order valence-corrected chi connectivity index (χ0v) is 22.1. The Kier molecular flexibility index (Phi) is 7.47. The standard InChI is InChI=1S/C26H30ClF2N5O5/c1-34-5-2-3-13(34)4-6-36-14-7-17(28)15(18(29)8-14)10-30-24-16(27)9-19-25(32-24)33-26(31-19)39-21-12-38-22-20(35)11-37-23(21)22/h7-9,13,20-23,35H,2-6,10-12H2,1H3,(H2,30,31,32,33)/t13?,20-,21-,22-,23-/m1/s1. The van der Waals surface area contributed by atoms with Crippen LogP contribution in [0.4, 0.5) is 14.6 Å². The summed E-state index contributed by atoms with van der Waals surface area (Å²) in [6, 6.07) is 4.62. The van der Waals surface area contributed by atoms with Crippen molar-refractivity contribution in [3.05, 3.63) is 40.4 Å². The van der Waals surface area contributed by atoms with Gasteiger partial charge in [0.25, 0.3) is 6.01 Å². The lowest BCUT2D eigenvalue weighted by molar-refractivity contribution is 0.00706. The van der Waals surface area contributed by atoms with Crippen molar-refractivity contribution >= 4 is 28.6 Å². The number of ether oxygens (including phenoxy) is 4. The summed E-state index contributed by atoms with van der Waals surface area (Å²) in [5, 5.41) is 13.0. The van der Waals surface area contributed by atoms with Crippen LogP contribution in [-0.4, -0.2) is 88.8 Å². The molecule has 0 spiro atoms. The second-order valence-electron chi connectivity index (χ2n) is 10.2. The van der Waals surface area contributed by atoms with Gasteiger partial charge in [0.1, 0.15) is 41.5 Å². The number of nitrogens with zero attached hydrogens (tertiary/aromatic N) is 3. The highest BCUT2D eigenvalue weighted by molar-refractivity contribution is 6.33. The molecule has 0 saturated carbocycles. The van der Waals surface area contributed by atoms with Crippen molar-refractivity contribution in [3.8, 4) is 11.8 Å². The van der Waals surface area contributed by atoms with Crippen LogP contribution in [-0.2, 0) is 16.0 Å². The van der Waals surface area contributed by atoms with E-state index in [4.69, 9.17) is 30.5 Å². The number of halogens is 3. The molecule has 3 aliphatic heterocycles. The molecule has 3 saturated heterocycles. The lowest BCUT2D eigenvalue weighted by atomic mass is 10.1. The van der Waals surface area contributed by atoms with Crippen LogP contribution in [0.25, 0.3) is 11.2 Å². The van der Waals surface area contributed by atoms with Gasteiger partial charge in [0.05, 0.1) is 30.4 Å². The van der Waals surface area contributed by atoms with E-state index in [0.29, 0.717) is 23.8 Å². The van der Waals surface area contributed by atoms with Gasteiger partial charge in [-0.05, 0) is 38.9 Å². The van der Waals surface area contributed by atoms with Crippen LogP contribution in [0.1, 0.15) is 24.8 Å². The Bertz CT molecular complexity index is 1320. The Hall–Kier alpha value is -2.77. The van der Waals surface area contributed by atoms with Crippen LogP contribution in [0.2, 0.25) is 5.02 Å². The summed E-state index contributed by atoms with van der Waals surface area (Å²) >= 11 is 6.37. The summed E-state index contributed by atoms with van der Waals surface area (Å²) in [5.41, 5.74) is 0.666. The molecule has 13 heteroatoms. The van der Waals surface area contributed by atoms with Gasteiger partial charge < -0.3 is 39.3 Å². The molecular formula is C26H30ClF2N5O5. The van der Waals surface area contributed by atoms with Gasteiger partial charge in [-0.15, -0.1) is 0 Å². The summed E-state index contributed by atoms with van der Waals surface area (Å²) in [6.45, 7) is 1.72. The minimum atomic E-state index is -0.723. The largest absolute Gasteiger partial charge is 0.493 e. The predicted octanol–water partition coefficient (Wildman–Crippen LogP) is 3.27. The number of hydrogen-bond donors (Lipinski definition) is 3. The summed E-state index contributed by atoms with van der Waals surface area (Å²) in [5.74, 6) is -1.07. The van der Waals surface area contributed by atoms with Crippen molar-refractivity contribution in [3.63, 3.8) is 0 Å². The molecule has 0 aliphatic carbocycles. The minimum absolute atomic E-state index is 0.156. The summed E-state index contributed by atoms with van der Waals surface area (Å²) in [7, 11) is 2.08. The molecule has 3 fully saturated rings. The fourth-order valence-electron chi connectivity index (χ4n) is 5.42. The molecule has 3 aliphatic rings. The third-order valence-electron chi connectivity index (χ3n) is 7.59. The van der Waals surface area contributed by atoms with E-state index in [0.717, 1.165) is 25.8 Å². The van der Waals surface area contributed by atoms with E-state index in [1.165, 1.54) is 12.1 Å². The first-order valence-corrected chi connectivity index (χ1v) is 13.4. The average molecular weight is 566 g/mol. The van der Waals surface area contributed by atoms with Gasteiger partial charge in [-0.2, -0.15) is 4.98 Å². The van der Waals surface area contributed by atoms with Crippen molar-refractivity contribution < 1.29 is 32.8 Å². The fourth-order valence-corrected chi connectivity index (χ4v) is 5.64. The molecular weight excluding hydrogens is 536 g/mol. The zero-order chi connectivity index (χ0) is 27.1. The highest BCUT2D eigenvalue weighted by atomic mass is 35.5. The number of fused-ring (bicyclic) bond motifs is 2. The number of likely N-dealkylation sites (tertiary alicyclic amines) is 1. The topological polar surface area (TPSA) is 114 Å². The molecule has 0 radical (unpaired) electrons. The molecule has 1 aromatic carbocycles. The first-order valence-electron chi connectivity index (χ1n) is 13.0. The number of imidazole rings is 1. The first kappa shape index (κ1) is 26.5.